The Morgan fingerprint density at radius 2 is 1.29 bits per heavy atom. The first-order chi connectivity index (χ1) is 8.33. The zero-order chi connectivity index (χ0) is 12.1. The molecular weight excluding hydrogens is 208 g/mol. The van der Waals surface area contributed by atoms with Gasteiger partial charge >= 0.3 is 6.19 Å². The molecule has 2 aromatic carbocycles. The van der Waals surface area contributed by atoms with Crippen molar-refractivity contribution >= 4 is 11.4 Å². The van der Waals surface area contributed by atoms with Crippen molar-refractivity contribution in [1.29, 1.82) is 5.26 Å². The average molecular weight is 223 g/mol. The molecule has 84 valence electrons. The lowest BCUT2D eigenvalue weighted by Gasteiger charge is -2.27. The highest BCUT2D eigenvalue weighted by Crippen LogP contribution is 2.32. The molecule has 0 heterocycles. The van der Waals surface area contributed by atoms with Gasteiger partial charge in [0.25, 0.3) is 0 Å². The fourth-order valence-electron chi connectivity index (χ4n) is 2.07. The van der Waals surface area contributed by atoms with Crippen LogP contribution in [0.4, 0.5) is 11.4 Å². The van der Waals surface area contributed by atoms with Crippen LogP contribution in [0.3, 0.4) is 0 Å². The Kier molecular flexibility index (Phi) is 3.22. The van der Waals surface area contributed by atoms with E-state index in [2.05, 4.69) is 6.19 Å². The zero-order valence-electron chi connectivity index (χ0n) is 9.88. The predicted octanol–water partition coefficient (Wildman–Crippen LogP) is 3.83. The summed E-state index contributed by atoms with van der Waals surface area (Å²) in [6.45, 7) is 2.74. The Bertz CT molecular complexity index is 472. The van der Waals surface area contributed by atoms with E-state index in [1.165, 1.54) is 0 Å². The highest BCUT2D eigenvalue weighted by Gasteiger charge is 2.31. The second-order valence-corrected chi connectivity index (χ2v) is 3.90. The zero-order valence-corrected chi connectivity index (χ0v) is 9.88. The number of hydrogen-bond acceptors (Lipinski definition) is 1. The quantitative estimate of drug-likeness (QED) is 0.573. The Balaban J connectivity index is 2.60. The van der Waals surface area contributed by atoms with Gasteiger partial charge in [-0.2, -0.15) is 4.48 Å². The number of quaternary nitrogens is 1. The lowest BCUT2D eigenvalue weighted by molar-refractivity contribution is 0.549. The van der Waals surface area contributed by atoms with Crippen LogP contribution in [0.5, 0.6) is 0 Å². The Labute approximate surface area is 102 Å². The molecule has 0 spiro atoms. The maximum absolute atomic E-state index is 9.61. The van der Waals surface area contributed by atoms with E-state index in [1.54, 1.807) is 0 Å². The number of nitrogens with zero attached hydrogens (tertiary/aromatic N) is 2. The molecule has 0 aliphatic rings. The second kappa shape index (κ2) is 4.82. The molecule has 0 bridgehead atoms. The van der Waals surface area contributed by atoms with Gasteiger partial charge in [-0.25, -0.2) is 0 Å². The van der Waals surface area contributed by atoms with Gasteiger partial charge in [0.15, 0.2) is 11.4 Å². The summed E-state index contributed by atoms with van der Waals surface area (Å²) >= 11 is 0. The Morgan fingerprint density at radius 1 is 0.882 bits per heavy atom. The molecule has 0 radical (unpaired) electrons. The van der Waals surface area contributed by atoms with Crippen molar-refractivity contribution in [3.63, 3.8) is 0 Å². The lowest BCUT2D eigenvalue weighted by Crippen LogP contribution is -2.38. The van der Waals surface area contributed by atoms with Crippen molar-refractivity contribution in [3.05, 3.63) is 60.7 Å². The van der Waals surface area contributed by atoms with Crippen LogP contribution in [0.1, 0.15) is 6.92 Å². The molecule has 0 aliphatic heterocycles. The molecule has 2 rings (SSSR count). The topological polar surface area (TPSA) is 23.8 Å². The minimum atomic E-state index is 0.224. The highest BCUT2D eigenvalue weighted by molar-refractivity contribution is 5.61. The van der Waals surface area contributed by atoms with Crippen molar-refractivity contribution < 1.29 is 0 Å². The van der Waals surface area contributed by atoms with Crippen LogP contribution in [-0.2, 0) is 0 Å². The molecule has 2 aromatic rings. The fraction of sp³-hybridized carbons (Fsp3) is 0.133. The average Bonchev–Trinajstić information content (AvgIpc) is 2.43. The number of nitriles is 1. The van der Waals surface area contributed by atoms with Crippen LogP contribution in [0.25, 0.3) is 0 Å². The fourth-order valence-corrected chi connectivity index (χ4v) is 2.07. The van der Waals surface area contributed by atoms with Crippen molar-refractivity contribution in [2.24, 2.45) is 0 Å². The standard InChI is InChI=1S/C15H15N2/c1-2-17(13-16,14-9-5-3-6-10-14)15-11-7-4-8-12-15/h3-12H,2H2,1H3/q+1. The van der Waals surface area contributed by atoms with Crippen LogP contribution in [0.2, 0.25) is 0 Å². The Morgan fingerprint density at radius 3 is 1.59 bits per heavy atom. The van der Waals surface area contributed by atoms with E-state index in [9.17, 15) is 5.26 Å². The van der Waals surface area contributed by atoms with E-state index in [0.717, 1.165) is 11.4 Å². The maximum atomic E-state index is 9.61. The molecule has 0 saturated carbocycles. The van der Waals surface area contributed by atoms with E-state index in [1.807, 2.05) is 67.6 Å². The van der Waals surface area contributed by atoms with Crippen LogP contribution in [0, 0.1) is 11.5 Å². The minimum Gasteiger partial charge on any atom is -0.160 e. The summed E-state index contributed by atoms with van der Waals surface area (Å²) in [6, 6.07) is 19.8. The minimum absolute atomic E-state index is 0.224. The first-order valence-corrected chi connectivity index (χ1v) is 5.74. The normalized spacial score (nSPS) is 10.8. The molecule has 0 fully saturated rings. The first kappa shape index (κ1) is 11.4. The summed E-state index contributed by atoms with van der Waals surface area (Å²) in [6.07, 6.45) is 2.44. The third kappa shape index (κ3) is 1.93. The molecule has 0 unspecified atom stereocenters. The van der Waals surface area contributed by atoms with E-state index >= 15 is 0 Å². The van der Waals surface area contributed by atoms with Gasteiger partial charge in [-0.05, 0) is 6.92 Å². The third-order valence-electron chi connectivity index (χ3n) is 3.04. The SMILES string of the molecule is CC[N+](C#N)(c1ccccc1)c1ccccc1. The molecule has 2 nitrogen and oxygen atoms in total. The van der Waals surface area contributed by atoms with Crippen molar-refractivity contribution in [2.45, 2.75) is 6.92 Å². The van der Waals surface area contributed by atoms with E-state index in [0.29, 0.717) is 6.54 Å². The second-order valence-electron chi connectivity index (χ2n) is 3.90. The molecule has 0 amide bonds. The van der Waals surface area contributed by atoms with Gasteiger partial charge in [0.05, 0.1) is 6.54 Å². The molecule has 0 saturated heterocycles. The number of para-hydroxylation sites is 2. The maximum Gasteiger partial charge on any atom is 0.319 e. The van der Waals surface area contributed by atoms with Crippen LogP contribution >= 0.6 is 0 Å². The number of benzene rings is 2. The predicted molar refractivity (Wildman–Crippen MR) is 70.5 cm³/mol. The van der Waals surface area contributed by atoms with Crippen molar-refractivity contribution in [1.82, 2.24) is 4.48 Å². The Hall–Kier alpha value is -2.11. The third-order valence-corrected chi connectivity index (χ3v) is 3.04. The molecule has 0 N–H and O–H groups in total. The van der Waals surface area contributed by atoms with Gasteiger partial charge in [0.1, 0.15) is 0 Å². The van der Waals surface area contributed by atoms with Gasteiger partial charge in [-0.15, -0.1) is 5.26 Å². The largest absolute Gasteiger partial charge is 0.319 e. The van der Waals surface area contributed by atoms with Crippen LogP contribution in [0.15, 0.2) is 60.7 Å². The van der Waals surface area contributed by atoms with Gasteiger partial charge in [0, 0.05) is 24.3 Å². The summed E-state index contributed by atoms with van der Waals surface area (Å²) < 4.78 is 0.224. The van der Waals surface area contributed by atoms with Crippen LogP contribution < -0.4 is 4.48 Å². The van der Waals surface area contributed by atoms with Gasteiger partial charge in [0.2, 0.25) is 0 Å². The monoisotopic (exact) mass is 223 g/mol. The first-order valence-electron chi connectivity index (χ1n) is 5.74. The molecule has 17 heavy (non-hydrogen) atoms. The van der Waals surface area contributed by atoms with Gasteiger partial charge in [-0.1, -0.05) is 36.4 Å². The molecule has 2 heteroatoms. The lowest BCUT2D eigenvalue weighted by atomic mass is 10.2. The van der Waals surface area contributed by atoms with Gasteiger partial charge in [-0.3, -0.25) is 0 Å². The molecule has 0 aliphatic carbocycles. The smallest absolute Gasteiger partial charge is 0.160 e. The van der Waals surface area contributed by atoms with E-state index < -0.39 is 0 Å². The van der Waals surface area contributed by atoms with Crippen molar-refractivity contribution in [3.8, 4) is 6.19 Å². The van der Waals surface area contributed by atoms with Crippen molar-refractivity contribution in [2.75, 3.05) is 6.54 Å². The van der Waals surface area contributed by atoms with Crippen LogP contribution in [-0.4, -0.2) is 6.54 Å². The summed E-state index contributed by atoms with van der Waals surface area (Å²) in [5.74, 6) is 0. The number of rotatable bonds is 3. The molecule has 0 aromatic heterocycles. The van der Waals surface area contributed by atoms with E-state index in [-0.39, 0.29) is 4.48 Å². The summed E-state index contributed by atoms with van der Waals surface area (Å²) in [4.78, 5) is 0. The summed E-state index contributed by atoms with van der Waals surface area (Å²) in [5, 5.41) is 9.61. The van der Waals surface area contributed by atoms with Gasteiger partial charge < -0.3 is 0 Å². The summed E-state index contributed by atoms with van der Waals surface area (Å²) in [5.41, 5.74) is 2.01. The van der Waals surface area contributed by atoms with E-state index in [4.69, 9.17) is 0 Å². The summed E-state index contributed by atoms with van der Waals surface area (Å²) in [7, 11) is 0. The highest BCUT2D eigenvalue weighted by atomic mass is 15.4. The number of hydrogen-bond donors (Lipinski definition) is 0. The molecular formula is C15H15N2+. The molecule has 0 atom stereocenters.